The van der Waals surface area contributed by atoms with Gasteiger partial charge in [0.1, 0.15) is 0 Å². The summed E-state index contributed by atoms with van der Waals surface area (Å²) in [6.45, 7) is 7.37. The number of hydrogen-bond donors (Lipinski definition) is 2. The summed E-state index contributed by atoms with van der Waals surface area (Å²) >= 11 is 0. The van der Waals surface area contributed by atoms with Crippen molar-refractivity contribution >= 4 is 5.91 Å². The quantitative estimate of drug-likeness (QED) is 0.829. The molecule has 1 heterocycles. The number of carbonyl (C=O) groups is 1. The molecule has 0 fully saturated rings. The number of aliphatic hydroxyl groups is 1. The molecule has 0 bridgehead atoms. The topological polar surface area (TPSA) is 75.1 Å². The maximum Gasteiger partial charge on any atom is 0.253 e. The number of aromatic nitrogens is 2. The Kier molecular flexibility index (Phi) is 4.78. The van der Waals surface area contributed by atoms with E-state index in [4.69, 9.17) is 0 Å². The van der Waals surface area contributed by atoms with Crippen LogP contribution in [-0.2, 0) is 0 Å². The Hall–Kier alpha value is -1.49. The van der Waals surface area contributed by atoms with Crippen LogP contribution in [0.4, 0.5) is 0 Å². The first kappa shape index (κ1) is 14.6. The van der Waals surface area contributed by atoms with Gasteiger partial charge in [-0.15, -0.1) is 0 Å². The Morgan fingerprint density at radius 2 is 1.94 bits per heavy atom. The standard InChI is InChI=1S/C13H21N3O2/c1-5-13(6-2,8-17)14-12(18)11-7-9(3)15-16-10(11)4/h7,17H,5-6,8H2,1-4H3,(H,14,18). The molecule has 1 rings (SSSR count). The van der Waals surface area contributed by atoms with Crippen LogP contribution in [0.5, 0.6) is 0 Å². The van der Waals surface area contributed by atoms with E-state index in [0.29, 0.717) is 29.8 Å². The smallest absolute Gasteiger partial charge is 0.253 e. The monoisotopic (exact) mass is 251 g/mol. The van der Waals surface area contributed by atoms with Crippen molar-refractivity contribution in [2.45, 2.75) is 46.1 Å². The van der Waals surface area contributed by atoms with Gasteiger partial charge in [-0.25, -0.2) is 0 Å². The molecule has 0 radical (unpaired) electrons. The van der Waals surface area contributed by atoms with Crippen LogP contribution < -0.4 is 5.32 Å². The Morgan fingerprint density at radius 1 is 1.33 bits per heavy atom. The minimum atomic E-state index is -0.555. The maximum absolute atomic E-state index is 12.2. The second kappa shape index (κ2) is 5.91. The van der Waals surface area contributed by atoms with Crippen molar-refractivity contribution in [1.29, 1.82) is 0 Å². The molecule has 0 atom stereocenters. The normalized spacial score (nSPS) is 11.4. The van der Waals surface area contributed by atoms with Crippen LogP contribution in [0, 0.1) is 13.8 Å². The summed E-state index contributed by atoms with van der Waals surface area (Å²) < 4.78 is 0. The molecule has 18 heavy (non-hydrogen) atoms. The van der Waals surface area contributed by atoms with E-state index < -0.39 is 5.54 Å². The molecule has 0 aliphatic carbocycles. The van der Waals surface area contributed by atoms with E-state index in [1.165, 1.54) is 0 Å². The fraction of sp³-hybridized carbons (Fsp3) is 0.615. The third-order valence-corrected chi connectivity index (χ3v) is 3.38. The van der Waals surface area contributed by atoms with Gasteiger partial charge >= 0.3 is 0 Å². The van der Waals surface area contributed by atoms with Gasteiger partial charge in [0.2, 0.25) is 0 Å². The van der Waals surface area contributed by atoms with E-state index in [-0.39, 0.29) is 12.5 Å². The minimum Gasteiger partial charge on any atom is -0.394 e. The van der Waals surface area contributed by atoms with Crippen molar-refractivity contribution in [2.75, 3.05) is 6.61 Å². The number of aryl methyl sites for hydroxylation is 2. The Labute approximate surface area is 108 Å². The first-order chi connectivity index (χ1) is 8.48. The van der Waals surface area contributed by atoms with E-state index in [2.05, 4.69) is 15.5 Å². The predicted molar refractivity (Wildman–Crippen MR) is 69.4 cm³/mol. The molecular formula is C13H21N3O2. The second-order valence-electron chi connectivity index (χ2n) is 4.58. The van der Waals surface area contributed by atoms with E-state index in [1.807, 2.05) is 13.8 Å². The molecule has 5 heteroatoms. The largest absolute Gasteiger partial charge is 0.394 e. The number of aliphatic hydroxyl groups excluding tert-OH is 1. The summed E-state index contributed by atoms with van der Waals surface area (Å²) in [5.74, 6) is -0.205. The zero-order chi connectivity index (χ0) is 13.8. The number of hydrogen-bond acceptors (Lipinski definition) is 4. The number of amides is 1. The Bertz CT molecular complexity index is 420. The van der Waals surface area contributed by atoms with Crippen molar-refractivity contribution in [2.24, 2.45) is 0 Å². The van der Waals surface area contributed by atoms with E-state index >= 15 is 0 Å². The molecule has 0 aliphatic heterocycles. The zero-order valence-corrected chi connectivity index (χ0v) is 11.4. The molecule has 2 N–H and O–H groups in total. The maximum atomic E-state index is 12.2. The number of nitrogens with zero attached hydrogens (tertiary/aromatic N) is 2. The van der Waals surface area contributed by atoms with Crippen LogP contribution in [0.25, 0.3) is 0 Å². The molecule has 0 spiro atoms. The van der Waals surface area contributed by atoms with Gasteiger partial charge in [0.05, 0.1) is 29.1 Å². The van der Waals surface area contributed by atoms with Crippen molar-refractivity contribution < 1.29 is 9.90 Å². The summed E-state index contributed by atoms with van der Waals surface area (Å²) in [4.78, 5) is 12.2. The van der Waals surface area contributed by atoms with E-state index in [9.17, 15) is 9.90 Å². The lowest BCUT2D eigenvalue weighted by molar-refractivity contribution is 0.0816. The first-order valence-corrected chi connectivity index (χ1v) is 6.22. The summed E-state index contributed by atoms with van der Waals surface area (Å²) in [5.41, 5.74) is 1.26. The van der Waals surface area contributed by atoms with Gasteiger partial charge < -0.3 is 10.4 Å². The van der Waals surface area contributed by atoms with Gasteiger partial charge in [-0.05, 0) is 32.8 Å². The van der Waals surface area contributed by atoms with Crippen molar-refractivity contribution in [3.05, 3.63) is 23.0 Å². The number of nitrogens with one attached hydrogen (secondary N) is 1. The molecule has 0 unspecified atom stereocenters. The van der Waals surface area contributed by atoms with Crippen LogP contribution >= 0.6 is 0 Å². The molecule has 0 saturated carbocycles. The van der Waals surface area contributed by atoms with Crippen LogP contribution in [-0.4, -0.2) is 33.4 Å². The van der Waals surface area contributed by atoms with Gasteiger partial charge in [0, 0.05) is 0 Å². The highest BCUT2D eigenvalue weighted by Gasteiger charge is 2.28. The Morgan fingerprint density at radius 3 is 2.44 bits per heavy atom. The first-order valence-electron chi connectivity index (χ1n) is 6.22. The molecule has 5 nitrogen and oxygen atoms in total. The van der Waals surface area contributed by atoms with E-state index in [0.717, 1.165) is 0 Å². The lowest BCUT2D eigenvalue weighted by Gasteiger charge is -2.30. The van der Waals surface area contributed by atoms with Gasteiger partial charge in [-0.1, -0.05) is 13.8 Å². The summed E-state index contributed by atoms with van der Waals surface area (Å²) in [5, 5.41) is 20.2. The highest BCUT2D eigenvalue weighted by atomic mass is 16.3. The molecule has 0 aromatic carbocycles. The van der Waals surface area contributed by atoms with Crippen molar-refractivity contribution in [3.63, 3.8) is 0 Å². The number of carbonyl (C=O) groups excluding carboxylic acids is 1. The second-order valence-corrected chi connectivity index (χ2v) is 4.58. The predicted octanol–water partition coefficient (Wildman–Crippen LogP) is 1.37. The van der Waals surface area contributed by atoms with Crippen LogP contribution in [0.1, 0.15) is 48.4 Å². The highest BCUT2D eigenvalue weighted by molar-refractivity contribution is 5.95. The number of rotatable bonds is 5. The third-order valence-electron chi connectivity index (χ3n) is 3.38. The molecule has 0 aliphatic rings. The van der Waals surface area contributed by atoms with Crippen molar-refractivity contribution in [1.82, 2.24) is 15.5 Å². The van der Waals surface area contributed by atoms with Gasteiger partial charge in [-0.3, -0.25) is 4.79 Å². The van der Waals surface area contributed by atoms with Crippen LogP contribution in [0.15, 0.2) is 6.07 Å². The van der Waals surface area contributed by atoms with Gasteiger partial charge in [-0.2, -0.15) is 10.2 Å². The fourth-order valence-electron chi connectivity index (χ4n) is 1.78. The van der Waals surface area contributed by atoms with Crippen LogP contribution in [0.2, 0.25) is 0 Å². The van der Waals surface area contributed by atoms with Gasteiger partial charge in [0.25, 0.3) is 5.91 Å². The summed E-state index contributed by atoms with van der Waals surface area (Å²) in [7, 11) is 0. The average Bonchev–Trinajstić information content (AvgIpc) is 2.38. The molecule has 1 amide bonds. The van der Waals surface area contributed by atoms with E-state index in [1.54, 1.807) is 19.9 Å². The summed E-state index contributed by atoms with van der Waals surface area (Å²) in [6.07, 6.45) is 1.37. The Balaban J connectivity index is 2.97. The molecule has 0 saturated heterocycles. The molecule has 1 aromatic heterocycles. The minimum absolute atomic E-state index is 0.0672. The van der Waals surface area contributed by atoms with Crippen LogP contribution in [0.3, 0.4) is 0 Å². The molecule has 1 aromatic rings. The molecule has 100 valence electrons. The van der Waals surface area contributed by atoms with Gasteiger partial charge in [0.15, 0.2) is 0 Å². The average molecular weight is 251 g/mol. The lowest BCUT2D eigenvalue weighted by Crippen LogP contribution is -2.50. The SMILES string of the molecule is CCC(CC)(CO)NC(=O)c1cc(C)nnc1C. The summed E-state index contributed by atoms with van der Waals surface area (Å²) in [6, 6.07) is 1.71. The highest BCUT2D eigenvalue weighted by Crippen LogP contribution is 2.16. The lowest BCUT2D eigenvalue weighted by atomic mass is 9.93. The zero-order valence-electron chi connectivity index (χ0n) is 11.4. The molecular weight excluding hydrogens is 230 g/mol. The van der Waals surface area contributed by atoms with Crippen molar-refractivity contribution in [3.8, 4) is 0 Å². The third kappa shape index (κ3) is 3.04. The fourth-order valence-corrected chi connectivity index (χ4v) is 1.78.